The number of ether oxygens (including phenoxy) is 1. The van der Waals surface area contributed by atoms with Crippen LogP contribution in [0.25, 0.3) is 22.3 Å². The van der Waals surface area contributed by atoms with Crippen LogP contribution in [0.4, 0.5) is 13.2 Å². The Labute approximate surface area is 192 Å². The summed E-state index contributed by atoms with van der Waals surface area (Å²) in [7, 11) is 0. The zero-order valence-electron chi connectivity index (χ0n) is 18.6. The number of rotatable bonds is 7. The van der Waals surface area contributed by atoms with Crippen LogP contribution in [0.3, 0.4) is 0 Å². The van der Waals surface area contributed by atoms with Gasteiger partial charge in [-0.2, -0.15) is 0 Å². The Bertz CT molecular complexity index is 1210. The van der Waals surface area contributed by atoms with Crippen molar-refractivity contribution in [1.82, 2.24) is 0 Å². The van der Waals surface area contributed by atoms with Gasteiger partial charge < -0.3 is 4.74 Å². The molecule has 0 heterocycles. The fraction of sp³-hybridized carbons (Fsp3) is 0.172. The molecular formula is C29H25F3O. The third-order valence-electron chi connectivity index (χ3n) is 5.76. The monoisotopic (exact) mass is 446 g/mol. The minimum atomic E-state index is -0.851. The summed E-state index contributed by atoms with van der Waals surface area (Å²) in [6.07, 6.45) is 0.909. The van der Waals surface area contributed by atoms with Gasteiger partial charge in [0.1, 0.15) is 5.82 Å². The van der Waals surface area contributed by atoms with E-state index in [0.717, 1.165) is 24.1 Å². The van der Waals surface area contributed by atoms with Crippen LogP contribution in [0.5, 0.6) is 5.75 Å². The lowest BCUT2D eigenvalue weighted by Crippen LogP contribution is -1.99. The van der Waals surface area contributed by atoms with Crippen molar-refractivity contribution in [2.75, 3.05) is 6.61 Å². The molecule has 4 heteroatoms. The van der Waals surface area contributed by atoms with Crippen molar-refractivity contribution >= 4 is 0 Å². The molecule has 0 bridgehead atoms. The molecule has 0 aliphatic heterocycles. The van der Waals surface area contributed by atoms with Crippen LogP contribution in [-0.4, -0.2) is 6.61 Å². The third kappa shape index (κ3) is 5.11. The summed E-state index contributed by atoms with van der Waals surface area (Å²) < 4.78 is 48.3. The highest BCUT2D eigenvalue weighted by atomic mass is 19.1. The molecule has 1 atom stereocenters. The van der Waals surface area contributed by atoms with Crippen molar-refractivity contribution in [3.05, 3.63) is 114 Å². The average Bonchev–Trinajstić information content (AvgIpc) is 2.82. The van der Waals surface area contributed by atoms with Crippen molar-refractivity contribution < 1.29 is 17.9 Å². The van der Waals surface area contributed by atoms with E-state index in [1.807, 2.05) is 30.3 Å². The Hall–Kier alpha value is -3.53. The standard InChI is InChI=1S/C29H25F3O/c1-3-33-29-27(31)17-24(18-28(29)32)25-14-13-23(16-26(25)30)22-11-9-20(10-12-22)15-19(2)21-7-5-4-6-8-21/h4-14,16-19H,3,15H2,1-2H3/t19-/m1/s1. The maximum absolute atomic E-state index is 14.9. The van der Waals surface area contributed by atoms with E-state index in [1.54, 1.807) is 19.1 Å². The van der Waals surface area contributed by atoms with Gasteiger partial charge in [-0.05, 0) is 65.3 Å². The molecule has 0 aliphatic carbocycles. The van der Waals surface area contributed by atoms with Crippen LogP contribution < -0.4 is 4.74 Å². The van der Waals surface area contributed by atoms with E-state index in [1.165, 1.54) is 17.2 Å². The van der Waals surface area contributed by atoms with Crippen molar-refractivity contribution in [2.24, 2.45) is 0 Å². The first-order valence-electron chi connectivity index (χ1n) is 11.0. The average molecular weight is 447 g/mol. The van der Waals surface area contributed by atoms with Crippen LogP contribution in [-0.2, 0) is 6.42 Å². The zero-order chi connectivity index (χ0) is 23.4. The van der Waals surface area contributed by atoms with E-state index in [0.29, 0.717) is 11.5 Å². The van der Waals surface area contributed by atoms with E-state index in [9.17, 15) is 13.2 Å². The maximum atomic E-state index is 14.9. The third-order valence-corrected chi connectivity index (χ3v) is 5.76. The molecule has 4 rings (SSSR count). The first-order valence-corrected chi connectivity index (χ1v) is 11.0. The Morgan fingerprint density at radius 3 is 1.91 bits per heavy atom. The number of hydrogen-bond acceptors (Lipinski definition) is 1. The molecule has 0 saturated carbocycles. The van der Waals surface area contributed by atoms with Crippen molar-refractivity contribution in [3.63, 3.8) is 0 Å². The predicted octanol–water partition coefficient (Wildman–Crippen LogP) is 8.18. The van der Waals surface area contributed by atoms with Gasteiger partial charge in [0, 0.05) is 5.56 Å². The van der Waals surface area contributed by atoms with E-state index in [2.05, 4.69) is 31.2 Å². The molecule has 4 aromatic rings. The van der Waals surface area contributed by atoms with Gasteiger partial charge in [-0.15, -0.1) is 0 Å². The summed E-state index contributed by atoms with van der Waals surface area (Å²) >= 11 is 0. The van der Waals surface area contributed by atoms with Crippen LogP contribution in [0.2, 0.25) is 0 Å². The summed E-state index contributed by atoms with van der Waals surface area (Å²) in [5.41, 5.74) is 4.33. The Kier molecular flexibility index (Phi) is 6.83. The summed E-state index contributed by atoms with van der Waals surface area (Å²) in [6.45, 7) is 3.98. The van der Waals surface area contributed by atoms with E-state index in [-0.39, 0.29) is 17.7 Å². The fourth-order valence-electron chi connectivity index (χ4n) is 4.01. The fourth-order valence-corrected chi connectivity index (χ4v) is 4.01. The predicted molar refractivity (Wildman–Crippen MR) is 127 cm³/mol. The van der Waals surface area contributed by atoms with E-state index >= 15 is 0 Å². The normalized spacial score (nSPS) is 11.9. The van der Waals surface area contributed by atoms with Gasteiger partial charge in [-0.3, -0.25) is 0 Å². The molecule has 0 aliphatic rings. The molecular weight excluding hydrogens is 421 g/mol. The van der Waals surface area contributed by atoms with Crippen LogP contribution in [0.1, 0.15) is 30.9 Å². The van der Waals surface area contributed by atoms with E-state index < -0.39 is 23.2 Å². The minimum Gasteiger partial charge on any atom is -0.488 e. The second kappa shape index (κ2) is 9.95. The molecule has 168 valence electrons. The molecule has 0 unspecified atom stereocenters. The minimum absolute atomic E-state index is 0.128. The first kappa shape index (κ1) is 22.7. The molecule has 0 spiro atoms. The Morgan fingerprint density at radius 1 is 0.697 bits per heavy atom. The van der Waals surface area contributed by atoms with Crippen molar-refractivity contribution in [3.8, 4) is 28.0 Å². The van der Waals surface area contributed by atoms with Crippen LogP contribution >= 0.6 is 0 Å². The quantitative estimate of drug-likeness (QED) is 0.278. The largest absolute Gasteiger partial charge is 0.488 e. The lowest BCUT2D eigenvalue weighted by atomic mass is 9.92. The van der Waals surface area contributed by atoms with Gasteiger partial charge in [-0.1, -0.05) is 73.7 Å². The van der Waals surface area contributed by atoms with Gasteiger partial charge in [0.05, 0.1) is 6.61 Å². The molecule has 0 radical (unpaired) electrons. The van der Waals surface area contributed by atoms with Gasteiger partial charge >= 0.3 is 0 Å². The second-order valence-corrected chi connectivity index (χ2v) is 8.11. The number of hydrogen-bond donors (Lipinski definition) is 0. The van der Waals surface area contributed by atoms with Crippen LogP contribution in [0, 0.1) is 17.5 Å². The summed E-state index contributed by atoms with van der Waals surface area (Å²) in [5, 5.41) is 0. The summed E-state index contributed by atoms with van der Waals surface area (Å²) in [4.78, 5) is 0. The molecule has 4 aromatic carbocycles. The highest BCUT2D eigenvalue weighted by Gasteiger charge is 2.16. The lowest BCUT2D eigenvalue weighted by molar-refractivity contribution is 0.303. The van der Waals surface area contributed by atoms with E-state index in [4.69, 9.17) is 4.74 Å². The molecule has 0 amide bonds. The summed E-state index contributed by atoms with van der Waals surface area (Å²) in [6, 6.07) is 25.3. The zero-order valence-corrected chi connectivity index (χ0v) is 18.6. The molecule has 0 fully saturated rings. The SMILES string of the molecule is CCOc1c(F)cc(-c2ccc(-c3ccc(C[C@@H](C)c4ccccc4)cc3)cc2F)cc1F. The second-order valence-electron chi connectivity index (χ2n) is 8.11. The molecule has 0 aromatic heterocycles. The maximum Gasteiger partial charge on any atom is 0.190 e. The van der Waals surface area contributed by atoms with Gasteiger partial charge in [0.2, 0.25) is 0 Å². The molecule has 1 nitrogen and oxygen atoms in total. The molecule has 33 heavy (non-hydrogen) atoms. The smallest absolute Gasteiger partial charge is 0.190 e. The highest BCUT2D eigenvalue weighted by Crippen LogP contribution is 2.33. The summed E-state index contributed by atoms with van der Waals surface area (Å²) in [5.74, 6) is -2.30. The Balaban J connectivity index is 1.53. The van der Waals surface area contributed by atoms with Crippen LogP contribution in [0.15, 0.2) is 84.9 Å². The first-order chi connectivity index (χ1) is 16.0. The lowest BCUT2D eigenvalue weighted by Gasteiger charge is -2.13. The van der Waals surface area contributed by atoms with Gasteiger partial charge in [0.15, 0.2) is 17.4 Å². The molecule has 0 saturated heterocycles. The van der Waals surface area contributed by atoms with Crippen molar-refractivity contribution in [2.45, 2.75) is 26.2 Å². The number of benzene rings is 4. The molecule has 0 N–H and O–H groups in total. The Morgan fingerprint density at radius 2 is 1.30 bits per heavy atom. The van der Waals surface area contributed by atoms with Gasteiger partial charge in [-0.25, -0.2) is 13.2 Å². The van der Waals surface area contributed by atoms with Crippen molar-refractivity contribution in [1.29, 1.82) is 0 Å². The van der Waals surface area contributed by atoms with Gasteiger partial charge in [0.25, 0.3) is 0 Å². The highest BCUT2D eigenvalue weighted by molar-refractivity contribution is 5.71. The number of halogens is 3. The topological polar surface area (TPSA) is 9.23 Å².